The Balaban J connectivity index is 1.99. The van der Waals surface area contributed by atoms with Gasteiger partial charge in [-0.2, -0.15) is 5.10 Å². The van der Waals surface area contributed by atoms with Gasteiger partial charge in [-0.1, -0.05) is 17.7 Å². The van der Waals surface area contributed by atoms with Crippen LogP contribution in [0.1, 0.15) is 5.82 Å². The lowest BCUT2D eigenvalue weighted by Gasteiger charge is -2.02. The third-order valence-electron chi connectivity index (χ3n) is 1.79. The lowest BCUT2D eigenvalue weighted by molar-refractivity contribution is 0.747. The Morgan fingerprint density at radius 2 is 2.33 bits per heavy atom. The van der Waals surface area contributed by atoms with Crippen LogP contribution in [0.5, 0.6) is 0 Å². The summed E-state index contributed by atoms with van der Waals surface area (Å²) in [5, 5.41) is 7.68. The van der Waals surface area contributed by atoms with Gasteiger partial charge in [0.2, 0.25) is 0 Å². The van der Waals surface area contributed by atoms with E-state index in [2.05, 4.69) is 20.4 Å². The number of hydrogen-bond donors (Lipinski definition) is 1. The highest BCUT2D eigenvalue weighted by atomic mass is 35.5. The largest absolute Gasteiger partial charge is 0.363 e. The minimum atomic E-state index is 0.467. The van der Waals surface area contributed by atoms with Crippen molar-refractivity contribution in [3.05, 3.63) is 35.5 Å². The molecule has 1 N–H and O–H groups in total. The molecule has 2 rings (SSSR count). The second kappa shape index (κ2) is 4.27. The average molecular weight is 224 g/mol. The van der Waals surface area contributed by atoms with E-state index in [1.165, 1.54) is 0 Å². The minimum Gasteiger partial charge on any atom is -0.363 e. The molecule has 0 amide bonds. The maximum absolute atomic E-state index is 5.74. The molecule has 15 heavy (non-hydrogen) atoms. The Bertz CT molecular complexity index is 453. The molecule has 0 spiro atoms. The lowest BCUT2D eigenvalue weighted by atomic mass is 10.4. The predicted molar refractivity (Wildman–Crippen MR) is 57.6 cm³/mol. The quantitative estimate of drug-likeness (QED) is 0.801. The summed E-state index contributed by atoms with van der Waals surface area (Å²) in [6.45, 7) is 0.536. The van der Waals surface area contributed by atoms with Crippen LogP contribution in [0.3, 0.4) is 0 Å². The Morgan fingerprint density at radius 1 is 1.47 bits per heavy atom. The summed E-state index contributed by atoms with van der Waals surface area (Å²) in [6.07, 6.45) is 1.66. The standard InChI is InChI=1S/C9H10ClN5/c1-15-6-12-9(14-15)5-11-8-4-2-3-7(10)13-8/h2-4,6H,5H2,1H3,(H,11,13). The maximum atomic E-state index is 5.74. The summed E-state index contributed by atoms with van der Waals surface area (Å²) in [5.74, 6) is 1.44. The second-order valence-electron chi connectivity index (χ2n) is 3.03. The predicted octanol–water partition coefficient (Wildman–Crippen LogP) is 1.48. The SMILES string of the molecule is Cn1cnc(CNc2cccc(Cl)n2)n1. The first-order valence-electron chi connectivity index (χ1n) is 4.45. The fraction of sp³-hybridized carbons (Fsp3) is 0.222. The molecule has 0 unspecified atom stereocenters. The zero-order valence-corrected chi connectivity index (χ0v) is 8.94. The highest BCUT2D eigenvalue weighted by molar-refractivity contribution is 6.29. The molecule has 0 fully saturated rings. The van der Waals surface area contributed by atoms with Gasteiger partial charge in [0.1, 0.15) is 17.3 Å². The number of hydrogen-bond acceptors (Lipinski definition) is 4. The van der Waals surface area contributed by atoms with Crippen LogP contribution in [-0.4, -0.2) is 19.7 Å². The van der Waals surface area contributed by atoms with Crippen LogP contribution < -0.4 is 5.32 Å². The zero-order chi connectivity index (χ0) is 10.7. The van der Waals surface area contributed by atoms with Gasteiger partial charge in [-0.25, -0.2) is 9.97 Å². The molecule has 2 aromatic rings. The molecule has 5 nitrogen and oxygen atoms in total. The van der Waals surface area contributed by atoms with Gasteiger partial charge in [0.25, 0.3) is 0 Å². The van der Waals surface area contributed by atoms with Gasteiger partial charge >= 0.3 is 0 Å². The summed E-state index contributed by atoms with van der Waals surface area (Å²) in [5.41, 5.74) is 0. The highest BCUT2D eigenvalue weighted by Gasteiger charge is 1.99. The topological polar surface area (TPSA) is 55.6 Å². The molecular formula is C9H10ClN5. The number of halogens is 1. The molecule has 0 aliphatic carbocycles. The average Bonchev–Trinajstić information content (AvgIpc) is 2.62. The van der Waals surface area contributed by atoms with E-state index in [9.17, 15) is 0 Å². The summed E-state index contributed by atoms with van der Waals surface area (Å²) >= 11 is 5.74. The van der Waals surface area contributed by atoms with Crippen molar-refractivity contribution in [2.45, 2.75) is 6.54 Å². The van der Waals surface area contributed by atoms with Crippen molar-refractivity contribution in [3.8, 4) is 0 Å². The number of aromatic nitrogens is 4. The van der Waals surface area contributed by atoms with Crippen molar-refractivity contribution in [2.24, 2.45) is 7.05 Å². The first-order chi connectivity index (χ1) is 7.24. The van der Waals surface area contributed by atoms with E-state index in [-0.39, 0.29) is 0 Å². The van der Waals surface area contributed by atoms with Crippen molar-refractivity contribution >= 4 is 17.4 Å². The van der Waals surface area contributed by atoms with Gasteiger partial charge < -0.3 is 5.32 Å². The van der Waals surface area contributed by atoms with Crippen LogP contribution in [-0.2, 0) is 13.6 Å². The summed E-state index contributed by atoms with van der Waals surface area (Å²) < 4.78 is 1.66. The van der Waals surface area contributed by atoms with E-state index in [1.807, 2.05) is 19.2 Å². The third-order valence-corrected chi connectivity index (χ3v) is 2.00. The van der Waals surface area contributed by atoms with E-state index < -0.39 is 0 Å². The molecule has 0 radical (unpaired) electrons. The normalized spacial score (nSPS) is 10.3. The molecule has 0 bridgehead atoms. The summed E-state index contributed by atoms with van der Waals surface area (Å²) in [4.78, 5) is 8.17. The van der Waals surface area contributed by atoms with E-state index in [4.69, 9.17) is 11.6 Å². The van der Waals surface area contributed by atoms with Crippen LogP contribution in [0.25, 0.3) is 0 Å². The zero-order valence-electron chi connectivity index (χ0n) is 8.18. The number of nitrogens with one attached hydrogen (secondary N) is 1. The molecule has 6 heteroatoms. The van der Waals surface area contributed by atoms with Gasteiger partial charge in [-0.3, -0.25) is 4.68 Å². The van der Waals surface area contributed by atoms with Crippen LogP contribution >= 0.6 is 11.6 Å². The first-order valence-corrected chi connectivity index (χ1v) is 4.83. The first kappa shape index (κ1) is 9.92. The van der Waals surface area contributed by atoms with Gasteiger partial charge in [0, 0.05) is 7.05 Å². The van der Waals surface area contributed by atoms with Crippen LogP contribution in [0.15, 0.2) is 24.5 Å². The molecule has 0 saturated carbocycles. The van der Waals surface area contributed by atoms with Crippen molar-refractivity contribution in [3.63, 3.8) is 0 Å². The minimum absolute atomic E-state index is 0.467. The fourth-order valence-corrected chi connectivity index (χ4v) is 1.31. The number of pyridine rings is 1. The van der Waals surface area contributed by atoms with Crippen molar-refractivity contribution in [2.75, 3.05) is 5.32 Å². The number of aryl methyl sites for hydroxylation is 1. The van der Waals surface area contributed by atoms with E-state index in [1.54, 1.807) is 17.1 Å². The Kier molecular flexibility index (Phi) is 2.82. The van der Waals surface area contributed by atoms with Crippen LogP contribution in [0.4, 0.5) is 5.82 Å². The Morgan fingerprint density at radius 3 is 3.00 bits per heavy atom. The molecule has 2 aromatic heterocycles. The van der Waals surface area contributed by atoms with Gasteiger partial charge in [0.05, 0.1) is 6.54 Å². The summed E-state index contributed by atoms with van der Waals surface area (Å²) in [7, 11) is 1.83. The Labute approximate surface area is 92.1 Å². The van der Waals surface area contributed by atoms with E-state index in [0.29, 0.717) is 11.7 Å². The maximum Gasteiger partial charge on any atom is 0.169 e. The third kappa shape index (κ3) is 2.66. The van der Waals surface area contributed by atoms with Crippen LogP contribution in [0, 0.1) is 0 Å². The second-order valence-corrected chi connectivity index (χ2v) is 3.42. The molecular weight excluding hydrogens is 214 g/mol. The number of nitrogens with zero attached hydrogens (tertiary/aromatic N) is 4. The van der Waals surface area contributed by atoms with Crippen molar-refractivity contribution in [1.82, 2.24) is 19.7 Å². The van der Waals surface area contributed by atoms with Gasteiger partial charge in [0.15, 0.2) is 5.82 Å². The highest BCUT2D eigenvalue weighted by Crippen LogP contribution is 2.09. The molecule has 2 heterocycles. The molecule has 0 atom stereocenters. The van der Waals surface area contributed by atoms with Crippen molar-refractivity contribution in [1.29, 1.82) is 0 Å². The monoisotopic (exact) mass is 223 g/mol. The van der Waals surface area contributed by atoms with Crippen LogP contribution in [0.2, 0.25) is 5.15 Å². The molecule has 0 aromatic carbocycles. The molecule has 0 aliphatic rings. The smallest absolute Gasteiger partial charge is 0.169 e. The number of rotatable bonds is 3. The van der Waals surface area contributed by atoms with Crippen molar-refractivity contribution < 1.29 is 0 Å². The number of anilines is 1. The lowest BCUT2D eigenvalue weighted by Crippen LogP contribution is -2.03. The van der Waals surface area contributed by atoms with Gasteiger partial charge in [-0.15, -0.1) is 0 Å². The molecule has 0 aliphatic heterocycles. The van der Waals surface area contributed by atoms with E-state index >= 15 is 0 Å². The van der Waals surface area contributed by atoms with Gasteiger partial charge in [-0.05, 0) is 12.1 Å². The Hall–Kier alpha value is -1.62. The fourth-order valence-electron chi connectivity index (χ4n) is 1.14. The summed E-state index contributed by atoms with van der Waals surface area (Å²) in [6, 6.07) is 5.41. The van der Waals surface area contributed by atoms with E-state index in [0.717, 1.165) is 11.6 Å². The molecule has 78 valence electrons. The molecule has 0 saturated heterocycles.